The van der Waals surface area contributed by atoms with Crippen molar-refractivity contribution >= 4 is 11.3 Å². The van der Waals surface area contributed by atoms with E-state index in [1.54, 1.807) is 18.4 Å². The Bertz CT molecular complexity index is 576. The number of benzene rings is 1. The maximum Gasteiger partial charge on any atom is 0.129 e. The summed E-state index contributed by atoms with van der Waals surface area (Å²) >= 11 is 1.75. The molecule has 0 bridgehead atoms. The first-order valence-corrected chi connectivity index (χ1v) is 8.58. The molecule has 0 aliphatic carbocycles. The first kappa shape index (κ1) is 16.1. The first-order chi connectivity index (χ1) is 10.2. The molecule has 0 saturated carbocycles. The van der Waals surface area contributed by atoms with Gasteiger partial charge in [0.05, 0.1) is 13.2 Å². The monoisotopic (exact) mass is 303 g/mol. The van der Waals surface area contributed by atoms with Crippen molar-refractivity contribution in [2.75, 3.05) is 13.7 Å². The third-order valence-corrected chi connectivity index (χ3v) is 4.83. The largest absolute Gasteiger partial charge is 0.496 e. The van der Waals surface area contributed by atoms with E-state index in [4.69, 9.17) is 4.74 Å². The summed E-state index contributed by atoms with van der Waals surface area (Å²) in [6.07, 6.45) is 2.19. The molecule has 1 heterocycles. The van der Waals surface area contributed by atoms with Crippen molar-refractivity contribution in [2.45, 2.75) is 39.7 Å². The van der Waals surface area contributed by atoms with Crippen molar-refractivity contribution < 1.29 is 4.74 Å². The quantitative estimate of drug-likeness (QED) is 0.808. The van der Waals surface area contributed by atoms with Crippen LogP contribution in [0.4, 0.5) is 0 Å². The Balaban J connectivity index is 2.37. The number of nitrogens with one attached hydrogen (secondary N) is 1. The van der Waals surface area contributed by atoms with Crippen molar-refractivity contribution in [1.29, 1.82) is 0 Å². The minimum atomic E-state index is 0.250. The lowest BCUT2D eigenvalue weighted by atomic mass is 9.96. The molecule has 2 aromatic rings. The Labute approximate surface area is 132 Å². The van der Waals surface area contributed by atoms with Crippen LogP contribution in [0.3, 0.4) is 0 Å². The van der Waals surface area contributed by atoms with Gasteiger partial charge in [0.1, 0.15) is 5.75 Å². The van der Waals surface area contributed by atoms with Crippen LogP contribution >= 0.6 is 11.3 Å². The van der Waals surface area contributed by atoms with Crippen LogP contribution in [0.15, 0.2) is 29.6 Å². The second kappa shape index (κ2) is 7.62. The lowest BCUT2D eigenvalue weighted by molar-refractivity contribution is 0.416. The first-order valence-electron chi connectivity index (χ1n) is 7.70. The van der Waals surface area contributed by atoms with Gasteiger partial charge < -0.3 is 10.1 Å². The van der Waals surface area contributed by atoms with Crippen LogP contribution in [0.2, 0.25) is 0 Å². The average molecular weight is 303 g/mol. The standard InChI is InChI=1S/C18H25NOS/c1-5-13-8-9-15(10-14(13)6-2)18(19-7-3)17-11-16(20-4)12-21-17/h8-12,18-19H,5-7H2,1-4H3. The van der Waals surface area contributed by atoms with Crippen LogP contribution < -0.4 is 10.1 Å². The summed E-state index contributed by atoms with van der Waals surface area (Å²) in [4.78, 5) is 1.31. The van der Waals surface area contributed by atoms with Gasteiger partial charge in [-0.2, -0.15) is 0 Å². The highest BCUT2D eigenvalue weighted by molar-refractivity contribution is 7.10. The molecule has 1 unspecified atom stereocenters. The third-order valence-electron chi connectivity index (χ3n) is 3.85. The summed E-state index contributed by atoms with van der Waals surface area (Å²) in [5.74, 6) is 0.943. The fourth-order valence-electron chi connectivity index (χ4n) is 2.68. The van der Waals surface area contributed by atoms with Crippen molar-refractivity contribution in [3.63, 3.8) is 0 Å². The van der Waals surface area contributed by atoms with E-state index in [0.29, 0.717) is 0 Å². The predicted octanol–water partition coefficient (Wildman–Crippen LogP) is 4.58. The summed E-state index contributed by atoms with van der Waals surface area (Å²) in [5.41, 5.74) is 4.26. The zero-order valence-corrected chi connectivity index (χ0v) is 14.2. The van der Waals surface area contributed by atoms with Crippen molar-refractivity contribution in [2.24, 2.45) is 0 Å². The van der Waals surface area contributed by atoms with Gasteiger partial charge in [0.2, 0.25) is 0 Å². The van der Waals surface area contributed by atoms with Gasteiger partial charge in [0.25, 0.3) is 0 Å². The number of hydrogen-bond acceptors (Lipinski definition) is 3. The van der Waals surface area contributed by atoms with Crippen molar-refractivity contribution in [3.05, 3.63) is 51.2 Å². The highest BCUT2D eigenvalue weighted by atomic mass is 32.1. The Morgan fingerprint density at radius 3 is 2.43 bits per heavy atom. The number of ether oxygens (including phenoxy) is 1. The van der Waals surface area contributed by atoms with E-state index in [1.165, 1.54) is 21.6 Å². The summed E-state index contributed by atoms with van der Waals surface area (Å²) in [6.45, 7) is 7.55. The third kappa shape index (κ3) is 3.66. The van der Waals surface area contributed by atoms with E-state index in [2.05, 4.69) is 55.7 Å². The number of rotatable bonds is 7. The molecule has 0 radical (unpaired) electrons. The predicted molar refractivity (Wildman–Crippen MR) is 91.6 cm³/mol. The molecule has 0 aliphatic heterocycles. The minimum Gasteiger partial charge on any atom is -0.496 e. The zero-order chi connectivity index (χ0) is 15.2. The van der Waals surface area contributed by atoms with Crippen LogP contribution in [-0.2, 0) is 12.8 Å². The number of hydrogen-bond donors (Lipinski definition) is 1. The molecule has 3 heteroatoms. The SMILES string of the molecule is CCNC(c1ccc(CC)c(CC)c1)c1cc(OC)cs1. The molecule has 0 spiro atoms. The number of aryl methyl sites for hydroxylation is 2. The Morgan fingerprint density at radius 2 is 1.86 bits per heavy atom. The molecule has 1 aromatic carbocycles. The molecule has 0 saturated heterocycles. The molecule has 1 N–H and O–H groups in total. The van der Waals surface area contributed by atoms with Gasteiger partial charge in [-0.25, -0.2) is 0 Å². The van der Waals surface area contributed by atoms with Crippen LogP contribution in [0, 0.1) is 0 Å². The van der Waals surface area contributed by atoms with Gasteiger partial charge in [-0.3, -0.25) is 0 Å². The zero-order valence-electron chi connectivity index (χ0n) is 13.4. The normalized spacial score (nSPS) is 12.4. The number of thiophene rings is 1. The Morgan fingerprint density at radius 1 is 1.10 bits per heavy atom. The van der Waals surface area contributed by atoms with E-state index < -0.39 is 0 Å². The van der Waals surface area contributed by atoms with Crippen LogP contribution in [0.25, 0.3) is 0 Å². The second-order valence-corrected chi connectivity index (χ2v) is 6.06. The van der Waals surface area contributed by atoms with Gasteiger partial charge >= 0.3 is 0 Å². The molecule has 2 nitrogen and oxygen atoms in total. The molecule has 2 rings (SSSR count). The molecular formula is C18H25NOS. The maximum absolute atomic E-state index is 5.32. The molecule has 21 heavy (non-hydrogen) atoms. The maximum atomic E-state index is 5.32. The fourth-order valence-corrected chi connectivity index (χ4v) is 3.64. The molecule has 0 fully saturated rings. The summed E-state index contributed by atoms with van der Waals surface area (Å²) < 4.78 is 5.32. The topological polar surface area (TPSA) is 21.3 Å². The van der Waals surface area contributed by atoms with E-state index in [1.807, 2.05) is 0 Å². The molecule has 0 aliphatic rings. The smallest absolute Gasteiger partial charge is 0.129 e. The van der Waals surface area contributed by atoms with E-state index in [9.17, 15) is 0 Å². The fraction of sp³-hybridized carbons (Fsp3) is 0.444. The highest BCUT2D eigenvalue weighted by Gasteiger charge is 2.16. The van der Waals surface area contributed by atoms with E-state index in [0.717, 1.165) is 25.1 Å². The van der Waals surface area contributed by atoms with E-state index in [-0.39, 0.29) is 6.04 Å². The van der Waals surface area contributed by atoms with Crippen LogP contribution in [-0.4, -0.2) is 13.7 Å². The Hall–Kier alpha value is -1.32. The van der Waals surface area contributed by atoms with Crippen LogP contribution in [0.1, 0.15) is 48.4 Å². The van der Waals surface area contributed by atoms with Crippen molar-refractivity contribution in [1.82, 2.24) is 5.32 Å². The van der Waals surface area contributed by atoms with Crippen molar-refractivity contribution in [3.8, 4) is 5.75 Å². The van der Waals surface area contributed by atoms with Crippen LogP contribution in [0.5, 0.6) is 5.75 Å². The van der Waals surface area contributed by atoms with Gasteiger partial charge in [-0.15, -0.1) is 11.3 Å². The lowest BCUT2D eigenvalue weighted by Gasteiger charge is -2.19. The van der Waals surface area contributed by atoms with E-state index >= 15 is 0 Å². The van der Waals surface area contributed by atoms with Gasteiger partial charge in [0.15, 0.2) is 0 Å². The second-order valence-electron chi connectivity index (χ2n) is 5.11. The molecule has 0 amide bonds. The average Bonchev–Trinajstić information content (AvgIpc) is 3.00. The lowest BCUT2D eigenvalue weighted by Crippen LogP contribution is -2.21. The van der Waals surface area contributed by atoms with Gasteiger partial charge in [0, 0.05) is 10.3 Å². The molecule has 1 atom stereocenters. The number of methoxy groups -OCH3 is 1. The minimum absolute atomic E-state index is 0.250. The molecular weight excluding hydrogens is 278 g/mol. The van der Waals surface area contributed by atoms with Gasteiger partial charge in [-0.1, -0.05) is 39.0 Å². The summed E-state index contributed by atoms with van der Waals surface area (Å²) in [6, 6.07) is 9.29. The summed E-state index contributed by atoms with van der Waals surface area (Å²) in [5, 5.41) is 5.67. The Kier molecular flexibility index (Phi) is 5.83. The molecule has 114 valence electrons. The molecule has 1 aromatic heterocycles. The van der Waals surface area contributed by atoms with Gasteiger partial charge in [-0.05, 0) is 42.1 Å². The highest BCUT2D eigenvalue weighted by Crippen LogP contribution is 2.32. The summed E-state index contributed by atoms with van der Waals surface area (Å²) in [7, 11) is 1.72.